The molecule has 0 fully saturated rings. The topological polar surface area (TPSA) is 38.0 Å². The highest BCUT2D eigenvalue weighted by Gasteiger charge is 2.15. The largest absolute Gasteiger partial charge is 0.386 e. The number of aliphatic hydroxyl groups is 1. The van der Waals surface area contributed by atoms with Crippen LogP contribution in [0.5, 0.6) is 0 Å². The lowest BCUT2D eigenvalue weighted by Gasteiger charge is -2.16. The Morgan fingerprint density at radius 3 is 2.83 bits per heavy atom. The van der Waals surface area contributed by atoms with Crippen LogP contribution in [-0.2, 0) is 6.42 Å². The summed E-state index contributed by atoms with van der Waals surface area (Å²) in [6.07, 6.45) is 3.45. The lowest BCUT2D eigenvalue weighted by molar-refractivity contribution is 0.167. The maximum atomic E-state index is 10.3. The van der Waals surface area contributed by atoms with Crippen LogP contribution in [0.2, 0.25) is 5.02 Å². The molecule has 0 bridgehead atoms. The highest BCUT2D eigenvalue weighted by atomic mass is 35.5. The van der Waals surface area contributed by atoms with Gasteiger partial charge in [0.25, 0.3) is 0 Å². The van der Waals surface area contributed by atoms with Gasteiger partial charge in [-0.05, 0) is 31.5 Å². The molecule has 0 amide bonds. The Labute approximate surface area is 112 Å². The summed E-state index contributed by atoms with van der Waals surface area (Å²) in [4.78, 5) is 4.10. The van der Waals surface area contributed by atoms with Crippen LogP contribution in [0.15, 0.2) is 36.8 Å². The minimum Gasteiger partial charge on any atom is -0.386 e. The number of hydrogen-bond acceptors (Lipinski definition) is 2. The summed E-state index contributed by atoms with van der Waals surface area (Å²) in [7, 11) is 0. The SMILES string of the molecule is CC(C)n1cncc1C(O)Cc1cccc(Cl)c1. The van der Waals surface area contributed by atoms with Crippen LogP contribution in [0.25, 0.3) is 0 Å². The van der Waals surface area contributed by atoms with Gasteiger partial charge in [-0.2, -0.15) is 0 Å². The molecule has 3 nitrogen and oxygen atoms in total. The number of aliphatic hydroxyl groups excluding tert-OH is 1. The first-order chi connectivity index (χ1) is 8.58. The molecular formula is C14H17ClN2O. The summed E-state index contributed by atoms with van der Waals surface area (Å²) in [5.74, 6) is 0. The first-order valence-electron chi connectivity index (χ1n) is 6.02. The minimum absolute atomic E-state index is 0.288. The zero-order valence-corrected chi connectivity index (χ0v) is 11.3. The van der Waals surface area contributed by atoms with Crippen LogP contribution in [-0.4, -0.2) is 14.7 Å². The van der Waals surface area contributed by atoms with E-state index in [1.54, 1.807) is 12.5 Å². The quantitative estimate of drug-likeness (QED) is 0.919. The van der Waals surface area contributed by atoms with Crippen molar-refractivity contribution in [3.05, 3.63) is 53.1 Å². The molecule has 2 aromatic rings. The molecule has 0 aliphatic rings. The zero-order valence-electron chi connectivity index (χ0n) is 10.5. The second-order valence-corrected chi connectivity index (χ2v) is 5.11. The highest BCUT2D eigenvalue weighted by molar-refractivity contribution is 6.30. The van der Waals surface area contributed by atoms with E-state index in [1.807, 2.05) is 28.8 Å². The van der Waals surface area contributed by atoms with E-state index in [0.29, 0.717) is 11.4 Å². The number of hydrogen-bond donors (Lipinski definition) is 1. The molecule has 18 heavy (non-hydrogen) atoms. The standard InChI is InChI=1S/C14H17ClN2O/c1-10(2)17-9-16-8-13(17)14(18)7-11-4-3-5-12(15)6-11/h3-6,8-10,14,18H,7H2,1-2H3. The van der Waals surface area contributed by atoms with E-state index in [2.05, 4.69) is 18.8 Å². The third-order valence-corrected chi connectivity index (χ3v) is 3.15. The summed E-state index contributed by atoms with van der Waals surface area (Å²) >= 11 is 5.94. The molecule has 0 spiro atoms. The van der Waals surface area contributed by atoms with E-state index in [4.69, 9.17) is 11.6 Å². The summed E-state index contributed by atoms with van der Waals surface area (Å²) in [6, 6.07) is 7.85. The van der Waals surface area contributed by atoms with E-state index < -0.39 is 6.10 Å². The monoisotopic (exact) mass is 264 g/mol. The Kier molecular flexibility index (Phi) is 4.04. The van der Waals surface area contributed by atoms with Gasteiger partial charge in [-0.1, -0.05) is 23.7 Å². The van der Waals surface area contributed by atoms with E-state index in [9.17, 15) is 5.11 Å². The van der Waals surface area contributed by atoms with Gasteiger partial charge in [0, 0.05) is 17.5 Å². The average Bonchev–Trinajstić information content (AvgIpc) is 2.77. The van der Waals surface area contributed by atoms with Crippen LogP contribution >= 0.6 is 11.6 Å². The second kappa shape index (κ2) is 5.55. The minimum atomic E-state index is -0.562. The number of benzene rings is 1. The molecule has 1 aromatic heterocycles. The third kappa shape index (κ3) is 2.92. The summed E-state index contributed by atoms with van der Waals surface area (Å²) in [6.45, 7) is 4.13. The van der Waals surface area contributed by atoms with Crippen molar-refractivity contribution in [2.75, 3.05) is 0 Å². The average molecular weight is 265 g/mol. The number of imidazole rings is 1. The number of aromatic nitrogens is 2. The van der Waals surface area contributed by atoms with Gasteiger partial charge in [0.15, 0.2) is 0 Å². The normalized spacial score (nSPS) is 12.9. The maximum absolute atomic E-state index is 10.3. The zero-order chi connectivity index (χ0) is 13.1. The molecule has 0 radical (unpaired) electrons. The van der Waals surface area contributed by atoms with Crippen LogP contribution < -0.4 is 0 Å². The second-order valence-electron chi connectivity index (χ2n) is 4.67. The van der Waals surface area contributed by atoms with Crippen molar-refractivity contribution in [1.29, 1.82) is 0 Å². The molecule has 0 saturated heterocycles. The summed E-state index contributed by atoms with van der Waals surface area (Å²) < 4.78 is 1.98. The van der Waals surface area contributed by atoms with E-state index in [0.717, 1.165) is 11.3 Å². The Bertz CT molecular complexity index is 522. The predicted molar refractivity (Wildman–Crippen MR) is 72.7 cm³/mol. The lowest BCUT2D eigenvalue weighted by Crippen LogP contribution is -2.10. The molecule has 1 N–H and O–H groups in total. The van der Waals surface area contributed by atoms with Crippen molar-refractivity contribution >= 4 is 11.6 Å². The first kappa shape index (κ1) is 13.1. The van der Waals surface area contributed by atoms with Gasteiger partial charge in [-0.3, -0.25) is 0 Å². The molecule has 0 aliphatic heterocycles. The van der Waals surface area contributed by atoms with Crippen molar-refractivity contribution < 1.29 is 5.11 Å². The van der Waals surface area contributed by atoms with Gasteiger partial charge in [0.1, 0.15) is 0 Å². The van der Waals surface area contributed by atoms with Gasteiger partial charge in [-0.25, -0.2) is 4.98 Å². The van der Waals surface area contributed by atoms with Crippen molar-refractivity contribution in [1.82, 2.24) is 9.55 Å². The predicted octanol–water partition coefficient (Wildman–Crippen LogP) is 3.39. The number of rotatable bonds is 4. The number of halogens is 1. The molecule has 1 heterocycles. The van der Waals surface area contributed by atoms with Gasteiger partial charge < -0.3 is 9.67 Å². The van der Waals surface area contributed by atoms with Crippen molar-refractivity contribution in [3.63, 3.8) is 0 Å². The molecule has 1 atom stereocenters. The Morgan fingerprint density at radius 2 is 2.17 bits per heavy atom. The molecule has 96 valence electrons. The molecule has 0 aliphatic carbocycles. The van der Waals surface area contributed by atoms with E-state index >= 15 is 0 Å². The first-order valence-corrected chi connectivity index (χ1v) is 6.40. The summed E-state index contributed by atoms with van der Waals surface area (Å²) in [5, 5.41) is 11.0. The van der Waals surface area contributed by atoms with Gasteiger partial charge in [0.2, 0.25) is 0 Å². The van der Waals surface area contributed by atoms with Crippen molar-refractivity contribution in [2.45, 2.75) is 32.4 Å². The van der Waals surface area contributed by atoms with Crippen LogP contribution in [0.4, 0.5) is 0 Å². The maximum Gasteiger partial charge on any atom is 0.0996 e. The molecule has 4 heteroatoms. The van der Waals surface area contributed by atoms with Crippen LogP contribution in [0.1, 0.15) is 37.3 Å². The Morgan fingerprint density at radius 1 is 1.39 bits per heavy atom. The van der Waals surface area contributed by atoms with Crippen LogP contribution in [0, 0.1) is 0 Å². The highest BCUT2D eigenvalue weighted by Crippen LogP contribution is 2.22. The third-order valence-electron chi connectivity index (χ3n) is 2.91. The van der Waals surface area contributed by atoms with E-state index in [-0.39, 0.29) is 6.04 Å². The van der Waals surface area contributed by atoms with Gasteiger partial charge in [0.05, 0.1) is 24.3 Å². The Hall–Kier alpha value is -1.32. The summed E-state index contributed by atoms with van der Waals surface area (Å²) in [5.41, 5.74) is 1.86. The molecule has 1 aromatic carbocycles. The fourth-order valence-corrected chi connectivity index (χ4v) is 2.21. The molecule has 2 rings (SSSR count). The molecule has 1 unspecified atom stereocenters. The lowest BCUT2D eigenvalue weighted by atomic mass is 10.1. The van der Waals surface area contributed by atoms with Gasteiger partial charge in [-0.15, -0.1) is 0 Å². The van der Waals surface area contributed by atoms with E-state index in [1.165, 1.54) is 0 Å². The van der Waals surface area contributed by atoms with Crippen molar-refractivity contribution in [3.8, 4) is 0 Å². The Balaban J connectivity index is 2.17. The molecular weight excluding hydrogens is 248 g/mol. The molecule has 0 saturated carbocycles. The smallest absolute Gasteiger partial charge is 0.0996 e. The fourth-order valence-electron chi connectivity index (χ4n) is 2.00. The number of nitrogens with zero attached hydrogens (tertiary/aromatic N) is 2. The van der Waals surface area contributed by atoms with Crippen molar-refractivity contribution in [2.24, 2.45) is 0 Å². The fraction of sp³-hybridized carbons (Fsp3) is 0.357. The van der Waals surface area contributed by atoms with Gasteiger partial charge >= 0.3 is 0 Å². The van der Waals surface area contributed by atoms with Crippen LogP contribution in [0.3, 0.4) is 0 Å².